The number of amides is 1. The normalized spacial score (nSPS) is 12.0. The number of fused-ring (bicyclic) bond motifs is 1. The quantitative estimate of drug-likeness (QED) is 0.565. The summed E-state index contributed by atoms with van der Waals surface area (Å²) >= 11 is 1.42. The van der Waals surface area contributed by atoms with Gasteiger partial charge in [0.1, 0.15) is 5.76 Å². The van der Waals surface area contributed by atoms with Gasteiger partial charge in [0.2, 0.25) is 0 Å². The standard InChI is InChI=1S/C19H15N3O2S/c1-13-17(20-12-24-13)18(23)21-19-22(9-10-25-19)11-15-7-4-6-14-5-2-3-8-16(14)15/h2-10,12H,11H2,1H3. The molecule has 0 fully saturated rings. The van der Waals surface area contributed by atoms with Gasteiger partial charge >= 0.3 is 5.91 Å². The molecule has 0 spiro atoms. The molecule has 0 aliphatic heterocycles. The Bertz CT molecular complexity index is 1120. The molecule has 2 aromatic heterocycles. The summed E-state index contributed by atoms with van der Waals surface area (Å²) in [6, 6.07) is 14.5. The van der Waals surface area contributed by atoms with E-state index in [1.54, 1.807) is 6.92 Å². The van der Waals surface area contributed by atoms with Crippen LogP contribution in [0.15, 0.2) is 69.8 Å². The highest BCUT2D eigenvalue weighted by molar-refractivity contribution is 7.07. The van der Waals surface area contributed by atoms with Crippen LogP contribution < -0.4 is 4.80 Å². The largest absolute Gasteiger partial charge is 0.448 e. The van der Waals surface area contributed by atoms with Crippen molar-refractivity contribution in [2.75, 3.05) is 0 Å². The fraction of sp³-hybridized carbons (Fsp3) is 0.105. The Labute approximate surface area is 147 Å². The van der Waals surface area contributed by atoms with Crippen LogP contribution in [0.3, 0.4) is 0 Å². The van der Waals surface area contributed by atoms with Crippen molar-refractivity contribution in [3.05, 3.63) is 82.3 Å². The molecule has 6 heteroatoms. The van der Waals surface area contributed by atoms with Gasteiger partial charge in [0.15, 0.2) is 16.9 Å². The first kappa shape index (κ1) is 15.5. The Morgan fingerprint density at radius 1 is 1.24 bits per heavy atom. The minimum absolute atomic E-state index is 0.255. The number of oxazole rings is 1. The summed E-state index contributed by atoms with van der Waals surface area (Å²) in [7, 11) is 0. The summed E-state index contributed by atoms with van der Waals surface area (Å²) in [6.45, 7) is 2.35. The van der Waals surface area contributed by atoms with Crippen LogP contribution in [-0.2, 0) is 6.54 Å². The van der Waals surface area contributed by atoms with Crippen molar-refractivity contribution in [1.29, 1.82) is 0 Å². The number of benzene rings is 2. The molecule has 0 saturated heterocycles. The number of thiazole rings is 1. The maximum atomic E-state index is 12.3. The minimum Gasteiger partial charge on any atom is -0.448 e. The van der Waals surface area contributed by atoms with Crippen LogP contribution in [0.4, 0.5) is 0 Å². The fourth-order valence-electron chi connectivity index (χ4n) is 2.77. The molecular weight excluding hydrogens is 334 g/mol. The molecule has 0 bridgehead atoms. The van der Waals surface area contributed by atoms with Gasteiger partial charge in [-0.1, -0.05) is 42.5 Å². The summed E-state index contributed by atoms with van der Waals surface area (Å²) in [5, 5.41) is 4.32. The van der Waals surface area contributed by atoms with Gasteiger partial charge in [-0.25, -0.2) is 4.98 Å². The molecule has 2 aromatic carbocycles. The van der Waals surface area contributed by atoms with Gasteiger partial charge in [-0.15, -0.1) is 11.3 Å². The summed E-state index contributed by atoms with van der Waals surface area (Å²) in [6.07, 6.45) is 3.20. The predicted molar refractivity (Wildman–Crippen MR) is 96.5 cm³/mol. The van der Waals surface area contributed by atoms with Gasteiger partial charge in [-0.05, 0) is 23.3 Å². The maximum absolute atomic E-state index is 12.3. The Hall–Kier alpha value is -2.99. The van der Waals surface area contributed by atoms with Crippen molar-refractivity contribution in [3.63, 3.8) is 0 Å². The van der Waals surface area contributed by atoms with E-state index in [0.717, 1.165) is 0 Å². The van der Waals surface area contributed by atoms with E-state index in [0.29, 0.717) is 17.1 Å². The van der Waals surface area contributed by atoms with E-state index in [2.05, 4.69) is 34.2 Å². The van der Waals surface area contributed by atoms with Gasteiger partial charge in [0, 0.05) is 11.6 Å². The number of hydrogen-bond donors (Lipinski definition) is 0. The fourth-order valence-corrected chi connectivity index (χ4v) is 3.50. The molecule has 1 amide bonds. The topological polar surface area (TPSA) is 60.4 Å². The predicted octanol–water partition coefficient (Wildman–Crippen LogP) is 3.79. The lowest BCUT2D eigenvalue weighted by atomic mass is 10.0. The van der Waals surface area contributed by atoms with Crippen LogP contribution in [0.2, 0.25) is 0 Å². The maximum Gasteiger partial charge on any atom is 0.301 e. The second kappa shape index (κ2) is 6.49. The second-order valence-corrected chi connectivity index (χ2v) is 6.50. The lowest BCUT2D eigenvalue weighted by Gasteiger charge is -2.07. The first-order valence-corrected chi connectivity index (χ1v) is 8.70. The van der Waals surface area contributed by atoms with Crippen molar-refractivity contribution >= 4 is 28.0 Å². The zero-order valence-electron chi connectivity index (χ0n) is 13.5. The van der Waals surface area contributed by atoms with Crippen LogP contribution >= 0.6 is 11.3 Å². The van der Waals surface area contributed by atoms with E-state index in [1.807, 2.05) is 34.3 Å². The third-order valence-electron chi connectivity index (χ3n) is 4.03. The number of carbonyl (C=O) groups is 1. The minimum atomic E-state index is -0.389. The van der Waals surface area contributed by atoms with Gasteiger partial charge < -0.3 is 8.98 Å². The van der Waals surface area contributed by atoms with Crippen LogP contribution in [-0.4, -0.2) is 15.5 Å². The molecule has 0 aliphatic rings. The van der Waals surface area contributed by atoms with E-state index < -0.39 is 0 Å². The SMILES string of the molecule is Cc1ocnc1C(=O)N=c1sccn1Cc1cccc2ccccc12. The molecule has 0 radical (unpaired) electrons. The van der Waals surface area contributed by atoms with Gasteiger partial charge in [0.25, 0.3) is 0 Å². The van der Waals surface area contributed by atoms with Crippen LogP contribution in [0, 0.1) is 6.92 Å². The number of rotatable bonds is 3. The summed E-state index contributed by atoms with van der Waals surface area (Å²) in [5.41, 5.74) is 1.44. The van der Waals surface area contributed by atoms with Gasteiger partial charge in [-0.2, -0.15) is 4.99 Å². The molecule has 0 N–H and O–H groups in total. The smallest absolute Gasteiger partial charge is 0.301 e. The van der Waals surface area contributed by atoms with Crippen molar-refractivity contribution in [2.24, 2.45) is 4.99 Å². The zero-order chi connectivity index (χ0) is 17.2. The Morgan fingerprint density at radius 3 is 2.92 bits per heavy atom. The summed E-state index contributed by atoms with van der Waals surface area (Å²) in [5.74, 6) is 0.0891. The first-order valence-electron chi connectivity index (χ1n) is 7.82. The first-order chi connectivity index (χ1) is 12.2. The van der Waals surface area contributed by atoms with Crippen molar-refractivity contribution in [3.8, 4) is 0 Å². The van der Waals surface area contributed by atoms with Crippen molar-refractivity contribution in [2.45, 2.75) is 13.5 Å². The van der Waals surface area contributed by atoms with Gasteiger partial charge in [0.05, 0.1) is 6.54 Å². The number of carbonyl (C=O) groups excluding carboxylic acids is 1. The molecular formula is C19H15N3O2S. The van der Waals surface area contributed by atoms with E-state index in [9.17, 15) is 4.79 Å². The lowest BCUT2D eigenvalue weighted by Crippen LogP contribution is -2.17. The molecule has 25 heavy (non-hydrogen) atoms. The molecule has 2 heterocycles. The summed E-state index contributed by atoms with van der Waals surface area (Å²) in [4.78, 5) is 21.1. The van der Waals surface area contributed by atoms with Crippen LogP contribution in [0.25, 0.3) is 10.8 Å². The number of aromatic nitrogens is 2. The van der Waals surface area contributed by atoms with Crippen molar-refractivity contribution in [1.82, 2.24) is 9.55 Å². The van der Waals surface area contributed by atoms with Crippen LogP contribution in [0.5, 0.6) is 0 Å². The average molecular weight is 349 g/mol. The average Bonchev–Trinajstić information content (AvgIpc) is 3.24. The van der Waals surface area contributed by atoms with E-state index in [1.165, 1.54) is 34.1 Å². The highest BCUT2D eigenvalue weighted by Crippen LogP contribution is 2.19. The van der Waals surface area contributed by atoms with E-state index >= 15 is 0 Å². The van der Waals surface area contributed by atoms with Crippen LogP contribution in [0.1, 0.15) is 21.8 Å². The zero-order valence-corrected chi connectivity index (χ0v) is 14.4. The van der Waals surface area contributed by atoms with Gasteiger partial charge in [-0.3, -0.25) is 4.79 Å². The third kappa shape index (κ3) is 3.04. The molecule has 4 rings (SSSR count). The molecule has 0 atom stereocenters. The highest BCUT2D eigenvalue weighted by Gasteiger charge is 2.13. The number of nitrogens with zero attached hydrogens (tertiary/aromatic N) is 3. The summed E-state index contributed by atoms with van der Waals surface area (Å²) < 4.78 is 7.06. The molecule has 0 aliphatic carbocycles. The molecule has 5 nitrogen and oxygen atoms in total. The lowest BCUT2D eigenvalue weighted by molar-refractivity contribution is 0.0992. The Balaban J connectivity index is 1.71. The van der Waals surface area contributed by atoms with Crippen molar-refractivity contribution < 1.29 is 9.21 Å². The number of aryl methyl sites for hydroxylation is 1. The Morgan fingerprint density at radius 2 is 2.08 bits per heavy atom. The molecule has 124 valence electrons. The molecule has 4 aromatic rings. The second-order valence-electron chi connectivity index (χ2n) is 5.63. The highest BCUT2D eigenvalue weighted by atomic mass is 32.1. The molecule has 0 saturated carbocycles. The Kier molecular flexibility index (Phi) is 4.03. The molecule has 0 unspecified atom stereocenters. The number of hydrogen-bond acceptors (Lipinski definition) is 4. The van der Waals surface area contributed by atoms with E-state index in [-0.39, 0.29) is 11.6 Å². The monoisotopic (exact) mass is 349 g/mol. The third-order valence-corrected chi connectivity index (χ3v) is 4.82. The van der Waals surface area contributed by atoms with E-state index in [4.69, 9.17) is 4.42 Å².